The van der Waals surface area contributed by atoms with Crippen molar-refractivity contribution in [2.24, 2.45) is 0 Å². The lowest BCUT2D eigenvalue weighted by atomic mass is 10.2. The zero-order chi connectivity index (χ0) is 13.0. The van der Waals surface area contributed by atoms with Crippen molar-refractivity contribution in [2.45, 2.75) is 0 Å². The minimum atomic E-state index is -1.22. The van der Waals surface area contributed by atoms with Crippen LogP contribution in [0.5, 0.6) is 0 Å². The molecule has 0 bridgehead atoms. The van der Waals surface area contributed by atoms with Crippen LogP contribution in [-0.2, 0) is 4.79 Å². The van der Waals surface area contributed by atoms with Crippen molar-refractivity contribution < 1.29 is 13.6 Å². The number of anilines is 2. The summed E-state index contributed by atoms with van der Waals surface area (Å²) in [6, 6.07) is 10.5. The average molecular weight is 248 g/mol. The van der Waals surface area contributed by atoms with Crippen LogP contribution in [-0.4, -0.2) is 17.6 Å². The molecular weight excluding hydrogens is 238 g/mol. The maximum Gasteiger partial charge on any atom is 0.264 e. The maximum atomic E-state index is 13.7. The number of aromatic nitrogens is 1. The second-order valence-corrected chi connectivity index (χ2v) is 3.50. The summed E-state index contributed by atoms with van der Waals surface area (Å²) >= 11 is 0. The number of carbonyl (C=O) groups is 1. The van der Waals surface area contributed by atoms with Crippen molar-refractivity contribution in [3.8, 4) is 0 Å². The van der Waals surface area contributed by atoms with Crippen LogP contribution in [0.4, 0.5) is 20.3 Å². The SMILES string of the molecule is O=C(CF)N(c1ccccn1)c1ccccc1F. The summed E-state index contributed by atoms with van der Waals surface area (Å²) in [7, 11) is 0. The molecule has 0 aliphatic heterocycles. The van der Waals surface area contributed by atoms with Gasteiger partial charge in [-0.05, 0) is 24.3 Å². The van der Waals surface area contributed by atoms with Gasteiger partial charge in [-0.25, -0.2) is 13.8 Å². The molecule has 5 heteroatoms. The molecule has 2 aromatic rings. The van der Waals surface area contributed by atoms with Gasteiger partial charge in [-0.3, -0.25) is 9.69 Å². The number of amides is 1. The van der Waals surface area contributed by atoms with Gasteiger partial charge >= 0.3 is 0 Å². The van der Waals surface area contributed by atoms with E-state index in [4.69, 9.17) is 0 Å². The number of benzene rings is 1. The topological polar surface area (TPSA) is 33.2 Å². The van der Waals surface area contributed by atoms with E-state index < -0.39 is 18.4 Å². The number of hydrogen-bond donors (Lipinski definition) is 0. The number of pyridine rings is 1. The molecule has 1 aromatic heterocycles. The van der Waals surface area contributed by atoms with Gasteiger partial charge in [0.05, 0.1) is 5.69 Å². The van der Waals surface area contributed by atoms with E-state index in [0.29, 0.717) is 0 Å². The lowest BCUT2D eigenvalue weighted by Gasteiger charge is -2.20. The first-order valence-electron chi connectivity index (χ1n) is 5.28. The first-order chi connectivity index (χ1) is 8.74. The summed E-state index contributed by atoms with van der Waals surface area (Å²) in [6.07, 6.45) is 1.45. The van der Waals surface area contributed by atoms with E-state index in [-0.39, 0.29) is 11.5 Å². The molecular formula is C13H10F2N2O. The first kappa shape index (κ1) is 12.2. The molecule has 0 saturated carbocycles. The zero-order valence-electron chi connectivity index (χ0n) is 9.38. The highest BCUT2D eigenvalue weighted by atomic mass is 19.1. The fourth-order valence-electron chi connectivity index (χ4n) is 1.56. The molecule has 2 rings (SSSR count). The molecule has 0 atom stereocenters. The van der Waals surface area contributed by atoms with Gasteiger partial charge in [0.2, 0.25) is 0 Å². The summed E-state index contributed by atoms with van der Waals surface area (Å²) in [5.74, 6) is -1.28. The highest BCUT2D eigenvalue weighted by Gasteiger charge is 2.21. The van der Waals surface area contributed by atoms with E-state index >= 15 is 0 Å². The van der Waals surface area contributed by atoms with Crippen LogP contribution in [0.3, 0.4) is 0 Å². The number of hydrogen-bond acceptors (Lipinski definition) is 2. The molecule has 0 radical (unpaired) electrons. The molecule has 0 aliphatic rings. The summed E-state index contributed by atoms with van der Waals surface area (Å²) in [6.45, 7) is -1.22. The van der Waals surface area contributed by atoms with Crippen molar-refractivity contribution >= 4 is 17.4 Å². The Balaban J connectivity index is 2.51. The molecule has 1 aromatic carbocycles. The third-order valence-corrected chi connectivity index (χ3v) is 2.34. The second kappa shape index (κ2) is 5.35. The molecule has 0 aliphatic carbocycles. The number of carbonyl (C=O) groups excluding carboxylic acids is 1. The second-order valence-electron chi connectivity index (χ2n) is 3.50. The Morgan fingerprint density at radius 3 is 2.50 bits per heavy atom. The third-order valence-electron chi connectivity index (χ3n) is 2.34. The predicted octanol–water partition coefficient (Wildman–Crippen LogP) is 2.85. The number of alkyl halides is 1. The molecule has 92 valence electrons. The van der Waals surface area contributed by atoms with Crippen LogP contribution in [0.2, 0.25) is 0 Å². The molecule has 0 saturated heterocycles. The molecule has 0 unspecified atom stereocenters. The van der Waals surface area contributed by atoms with Crippen molar-refractivity contribution in [3.63, 3.8) is 0 Å². The van der Waals surface area contributed by atoms with Crippen molar-refractivity contribution in [3.05, 3.63) is 54.5 Å². The molecule has 0 fully saturated rings. The molecule has 0 N–H and O–H groups in total. The minimum absolute atomic E-state index is 0.0150. The number of halogens is 2. The van der Waals surface area contributed by atoms with E-state index in [2.05, 4.69) is 4.98 Å². The van der Waals surface area contributed by atoms with Gasteiger partial charge in [-0.2, -0.15) is 0 Å². The van der Waals surface area contributed by atoms with Crippen LogP contribution in [0.1, 0.15) is 0 Å². The van der Waals surface area contributed by atoms with Gasteiger partial charge in [-0.15, -0.1) is 0 Å². The molecule has 1 amide bonds. The standard InChI is InChI=1S/C13H10F2N2O/c14-9-13(18)17(12-7-3-4-8-16-12)11-6-2-1-5-10(11)15/h1-8H,9H2. The number of nitrogens with zero attached hydrogens (tertiary/aromatic N) is 2. The van der Waals surface area contributed by atoms with Crippen LogP contribution in [0.15, 0.2) is 48.7 Å². The average Bonchev–Trinajstić information content (AvgIpc) is 2.42. The van der Waals surface area contributed by atoms with Crippen LogP contribution >= 0.6 is 0 Å². The number of para-hydroxylation sites is 1. The van der Waals surface area contributed by atoms with Gasteiger partial charge < -0.3 is 0 Å². The molecule has 3 nitrogen and oxygen atoms in total. The van der Waals surface area contributed by atoms with Gasteiger partial charge in [0.25, 0.3) is 5.91 Å². The molecule has 0 spiro atoms. The highest BCUT2D eigenvalue weighted by Crippen LogP contribution is 2.26. The van der Waals surface area contributed by atoms with Gasteiger partial charge in [0.1, 0.15) is 11.6 Å². The highest BCUT2D eigenvalue weighted by molar-refractivity contribution is 6.00. The molecule has 1 heterocycles. The van der Waals surface area contributed by atoms with Crippen LogP contribution in [0.25, 0.3) is 0 Å². The van der Waals surface area contributed by atoms with Gasteiger partial charge in [-0.1, -0.05) is 18.2 Å². The summed E-state index contributed by atoms with van der Waals surface area (Å²) < 4.78 is 26.3. The van der Waals surface area contributed by atoms with E-state index in [1.807, 2.05) is 0 Å². The summed E-state index contributed by atoms with van der Waals surface area (Å²) in [5.41, 5.74) is -0.0150. The monoisotopic (exact) mass is 248 g/mol. The minimum Gasteiger partial charge on any atom is -0.271 e. The first-order valence-corrected chi connectivity index (χ1v) is 5.28. The Bertz CT molecular complexity index is 546. The van der Waals surface area contributed by atoms with E-state index in [9.17, 15) is 13.6 Å². The Morgan fingerprint density at radius 1 is 1.17 bits per heavy atom. The van der Waals surface area contributed by atoms with E-state index in [0.717, 1.165) is 4.90 Å². The predicted molar refractivity (Wildman–Crippen MR) is 63.8 cm³/mol. The van der Waals surface area contributed by atoms with Crippen LogP contribution < -0.4 is 4.90 Å². The largest absolute Gasteiger partial charge is 0.271 e. The third kappa shape index (κ3) is 2.34. The fraction of sp³-hybridized carbons (Fsp3) is 0.0769. The summed E-state index contributed by atoms with van der Waals surface area (Å²) in [5, 5.41) is 0. The Kier molecular flexibility index (Phi) is 3.62. The number of rotatable bonds is 3. The zero-order valence-corrected chi connectivity index (χ0v) is 9.38. The normalized spacial score (nSPS) is 10.1. The Labute approximate surface area is 103 Å². The van der Waals surface area contributed by atoms with Crippen molar-refractivity contribution in [1.82, 2.24) is 4.98 Å². The Morgan fingerprint density at radius 2 is 1.89 bits per heavy atom. The van der Waals surface area contributed by atoms with Crippen molar-refractivity contribution in [2.75, 3.05) is 11.6 Å². The van der Waals surface area contributed by atoms with Gasteiger partial charge in [0.15, 0.2) is 6.67 Å². The molecule has 18 heavy (non-hydrogen) atoms. The van der Waals surface area contributed by atoms with E-state index in [1.54, 1.807) is 18.2 Å². The lowest BCUT2D eigenvalue weighted by molar-refractivity contribution is -0.118. The van der Waals surface area contributed by atoms with Gasteiger partial charge in [0, 0.05) is 6.20 Å². The maximum absolute atomic E-state index is 13.7. The Hall–Kier alpha value is -2.30. The fourth-order valence-corrected chi connectivity index (χ4v) is 1.56. The quantitative estimate of drug-likeness (QED) is 0.836. The van der Waals surface area contributed by atoms with Crippen LogP contribution in [0, 0.1) is 5.82 Å². The van der Waals surface area contributed by atoms with Crippen molar-refractivity contribution in [1.29, 1.82) is 0 Å². The van der Waals surface area contributed by atoms with E-state index in [1.165, 1.54) is 30.5 Å². The smallest absolute Gasteiger partial charge is 0.264 e. The lowest BCUT2D eigenvalue weighted by Crippen LogP contribution is -2.28. The summed E-state index contributed by atoms with van der Waals surface area (Å²) in [4.78, 5) is 16.5.